The van der Waals surface area contributed by atoms with Gasteiger partial charge in [0.2, 0.25) is 0 Å². The number of furan rings is 1. The Kier molecular flexibility index (Phi) is 5.78. The lowest BCUT2D eigenvalue weighted by atomic mass is 10.2. The van der Waals surface area contributed by atoms with Gasteiger partial charge >= 0.3 is 0 Å². The van der Waals surface area contributed by atoms with Gasteiger partial charge in [-0.05, 0) is 60.1 Å². The maximum atomic E-state index is 12.4. The van der Waals surface area contributed by atoms with E-state index >= 15 is 0 Å². The van der Waals surface area contributed by atoms with Crippen molar-refractivity contribution in [2.24, 2.45) is 0 Å². The van der Waals surface area contributed by atoms with Crippen LogP contribution in [0.3, 0.4) is 0 Å². The molecule has 0 aliphatic rings. The van der Waals surface area contributed by atoms with Gasteiger partial charge in [0.1, 0.15) is 18.1 Å². The van der Waals surface area contributed by atoms with Crippen molar-refractivity contribution in [1.29, 1.82) is 0 Å². The minimum Gasteiger partial charge on any atom is -0.484 e. The van der Waals surface area contributed by atoms with Crippen molar-refractivity contribution in [3.05, 3.63) is 70.3 Å². The molecule has 1 atom stereocenters. The fourth-order valence-electron chi connectivity index (χ4n) is 2.41. The van der Waals surface area contributed by atoms with Gasteiger partial charge in [0.15, 0.2) is 5.76 Å². The molecule has 1 unspecified atom stereocenters. The number of ether oxygens (including phenoxy) is 1. The quantitative estimate of drug-likeness (QED) is 0.620. The van der Waals surface area contributed by atoms with E-state index in [1.165, 1.54) is 0 Å². The second-order valence-electron chi connectivity index (χ2n) is 5.78. The van der Waals surface area contributed by atoms with Gasteiger partial charge in [-0.3, -0.25) is 9.48 Å². The van der Waals surface area contributed by atoms with E-state index in [1.54, 1.807) is 12.1 Å². The molecule has 1 N–H and O–H groups in total. The second kappa shape index (κ2) is 8.23. The molecule has 6 nitrogen and oxygen atoms in total. The summed E-state index contributed by atoms with van der Waals surface area (Å²) in [7, 11) is 0. The number of amides is 1. The zero-order chi connectivity index (χ0) is 18.5. The number of carbonyl (C=O) groups is 1. The van der Waals surface area contributed by atoms with Crippen LogP contribution in [0.5, 0.6) is 5.75 Å². The third-order valence-corrected chi connectivity index (χ3v) is 4.52. The highest BCUT2D eigenvalue weighted by Crippen LogP contribution is 2.25. The molecule has 2 aromatic heterocycles. The average molecular weight is 418 g/mol. The van der Waals surface area contributed by atoms with Gasteiger partial charge in [0.05, 0.1) is 16.2 Å². The van der Waals surface area contributed by atoms with Crippen LogP contribution < -0.4 is 10.1 Å². The number of nitrogens with zero attached hydrogens (tertiary/aromatic N) is 2. The molecule has 1 aromatic carbocycles. The molecular weight excluding hydrogens is 398 g/mol. The van der Waals surface area contributed by atoms with Crippen LogP contribution in [-0.4, -0.2) is 15.7 Å². The third-order valence-electron chi connectivity index (χ3n) is 3.87. The fraction of sp³-hybridized carbons (Fsp3) is 0.263. The van der Waals surface area contributed by atoms with Gasteiger partial charge in [-0.1, -0.05) is 12.1 Å². The Hall–Kier alpha value is -2.54. The molecule has 2 heterocycles. The first-order valence-electron chi connectivity index (χ1n) is 8.37. The Labute approximate surface area is 160 Å². The molecule has 0 spiro atoms. The number of carbonyl (C=O) groups excluding carboxylic acids is 1. The number of hydrogen-bond acceptors (Lipinski definition) is 4. The van der Waals surface area contributed by atoms with Gasteiger partial charge in [-0.25, -0.2) is 0 Å². The van der Waals surface area contributed by atoms with E-state index in [-0.39, 0.29) is 24.3 Å². The summed E-state index contributed by atoms with van der Waals surface area (Å²) in [5.41, 5.74) is 0.809. The molecule has 136 valence electrons. The largest absolute Gasteiger partial charge is 0.484 e. The molecule has 3 rings (SSSR count). The van der Waals surface area contributed by atoms with Crippen molar-refractivity contribution in [3.8, 4) is 5.75 Å². The van der Waals surface area contributed by atoms with Crippen molar-refractivity contribution < 1.29 is 13.9 Å². The van der Waals surface area contributed by atoms with E-state index in [1.807, 2.05) is 55.1 Å². The molecule has 7 heteroatoms. The highest BCUT2D eigenvalue weighted by atomic mass is 79.9. The van der Waals surface area contributed by atoms with Crippen LogP contribution in [0.1, 0.15) is 41.9 Å². The molecule has 0 aliphatic heterocycles. The number of halogens is 1. The van der Waals surface area contributed by atoms with Gasteiger partial charge in [0, 0.05) is 12.7 Å². The van der Waals surface area contributed by atoms with Crippen molar-refractivity contribution in [2.75, 3.05) is 0 Å². The number of benzene rings is 1. The predicted octanol–water partition coefficient (Wildman–Crippen LogP) is 4.33. The van der Waals surface area contributed by atoms with Gasteiger partial charge in [0.25, 0.3) is 5.91 Å². The Morgan fingerprint density at radius 3 is 2.85 bits per heavy atom. The number of para-hydroxylation sites is 1. The molecule has 0 saturated heterocycles. The van der Waals surface area contributed by atoms with Gasteiger partial charge in [-0.2, -0.15) is 5.10 Å². The highest BCUT2D eigenvalue weighted by Gasteiger charge is 2.17. The van der Waals surface area contributed by atoms with E-state index < -0.39 is 0 Å². The van der Waals surface area contributed by atoms with Crippen LogP contribution in [0.2, 0.25) is 0 Å². The van der Waals surface area contributed by atoms with Crippen LogP contribution in [0.15, 0.2) is 57.6 Å². The number of hydrogen-bond donors (Lipinski definition) is 1. The average Bonchev–Trinajstić information content (AvgIpc) is 3.30. The molecular formula is C19H20BrN3O3. The maximum absolute atomic E-state index is 12.4. The standard InChI is InChI=1S/C19H20BrN3O3/c1-3-23-11-10-16(22-23)13(2)21-19(24)18-9-8-14(26-18)12-25-17-7-5-4-6-15(17)20/h4-11,13H,3,12H2,1-2H3,(H,21,24). The van der Waals surface area contributed by atoms with Crippen molar-refractivity contribution in [3.63, 3.8) is 0 Å². The number of nitrogens with one attached hydrogen (secondary N) is 1. The Bertz CT molecular complexity index is 888. The predicted molar refractivity (Wildman–Crippen MR) is 101 cm³/mol. The van der Waals surface area contributed by atoms with Crippen LogP contribution >= 0.6 is 15.9 Å². The lowest BCUT2D eigenvalue weighted by molar-refractivity contribution is 0.0907. The van der Waals surface area contributed by atoms with E-state index in [0.717, 1.165) is 22.5 Å². The summed E-state index contributed by atoms with van der Waals surface area (Å²) >= 11 is 3.43. The van der Waals surface area contributed by atoms with E-state index in [2.05, 4.69) is 26.3 Å². The summed E-state index contributed by atoms with van der Waals surface area (Å²) in [6.07, 6.45) is 1.89. The first-order chi connectivity index (χ1) is 12.6. The molecule has 0 bridgehead atoms. The summed E-state index contributed by atoms with van der Waals surface area (Å²) in [5.74, 6) is 1.26. The molecule has 3 aromatic rings. The van der Waals surface area contributed by atoms with E-state index in [9.17, 15) is 4.79 Å². The summed E-state index contributed by atoms with van der Waals surface area (Å²) in [4.78, 5) is 12.4. The summed E-state index contributed by atoms with van der Waals surface area (Å²) in [6.45, 7) is 4.94. The Balaban J connectivity index is 1.58. The SMILES string of the molecule is CCn1ccc(C(C)NC(=O)c2ccc(COc3ccccc3Br)o2)n1. The van der Waals surface area contributed by atoms with Crippen LogP contribution in [0.4, 0.5) is 0 Å². The van der Waals surface area contributed by atoms with Crippen molar-refractivity contribution >= 4 is 21.8 Å². The molecule has 0 aliphatic carbocycles. The minimum absolute atomic E-state index is 0.208. The lowest BCUT2D eigenvalue weighted by Gasteiger charge is -2.10. The zero-order valence-corrected chi connectivity index (χ0v) is 16.2. The molecule has 0 saturated carbocycles. The third kappa shape index (κ3) is 4.35. The monoisotopic (exact) mass is 417 g/mol. The maximum Gasteiger partial charge on any atom is 0.287 e. The molecule has 0 radical (unpaired) electrons. The highest BCUT2D eigenvalue weighted by molar-refractivity contribution is 9.10. The lowest BCUT2D eigenvalue weighted by Crippen LogP contribution is -2.26. The first kappa shape index (κ1) is 18.3. The number of aryl methyl sites for hydroxylation is 1. The van der Waals surface area contributed by atoms with Gasteiger partial charge in [-0.15, -0.1) is 0 Å². The van der Waals surface area contributed by atoms with E-state index in [4.69, 9.17) is 9.15 Å². The van der Waals surface area contributed by atoms with Crippen LogP contribution in [0.25, 0.3) is 0 Å². The number of aromatic nitrogens is 2. The molecule has 26 heavy (non-hydrogen) atoms. The topological polar surface area (TPSA) is 69.3 Å². The van der Waals surface area contributed by atoms with Crippen LogP contribution in [-0.2, 0) is 13.2 Å². The minimum atomic E-state index is -0.282. The van der Waals surface area contributed by atoms with Crippen molar-refractivity contribution in [2.45, 2.75) is 33.0 Å². The van der Waals surface area contributed by atoms with Gasteiger partial charge < -0.3 is 14.5 Å². The van der Waals surface area contributed by atoms with Crippen LogP contribution in [0, 0.1) is 0 Å². The summed E-state index contributed by atoms with van der Waals surface area (Å²) in [5, 5.41) is 7.29. The normalized spacial score (nSPS) is 12.0. The summed E-state index contributed by atoms with van der Waals surface area (Å²) < 4.78 is 14.0. The smallest absolute Gasteiger partial charge is 0.287 e. The van der Waals surface area contributed by atoms with E-state index in [0.29, 0.717) is 5.76 Å². The first-order valence-corrected chi connectivity index (χ1v) is 9.16. The molecule has 0 fully saturated rings. The summed E-state index contributed by atoms with van der Waals surface area (Å²) in [6, 6.07) is 12.6. The zero-order valence-electron chi connectivity index (χ0n) is 14.6. The van der Waals surface area contributed by atoms with Crippen molar-refractivity contribution in [1.82, 2.24) is 15.1 Å². The Morgan fingerprint density at radius 1 is 1.31 bits per heavy atom. The fourth-order valence-corrected chi connectivity index (χ4v) is 2.81. The second-order valence-corrected chi connectivity index (χ2v) is 6.63. The number of rotatable bonds is 7. The Morgan fingerprint density at radius 2 is 2.12 bits per heavy atom. The molecule has 1 amide bonds.